The van der Waals surface area contributed by atoms with Gasteiger partial charge in [-0.3, -0.25) is 4.79 Å². The summed E-state index contributed by atoms with van der Waals surface area (Å²) in [6.45, 7) is 6.91. The summed E-state index contributed by atoms with van der Waals surface area (Å²) in [4.78, 5) is 18.0. The Hall–Kier alpha value is -2.42. The number of nitrogens with zero attached hydrogens (tertiary/aromatic N) is 3. The minimum Gasteiger partial charge on any atom is -0.497 e. The van der Waals surface area contributed by atoms with Crippen LogP contribution in [0.25, 0.3) is 0 Å². The van der Waals surface area contributed by atoms with Crippen LogP contribution in [0.3, 0.4) is 0 Å². The molecule has 0 aliphatic carbocycles. The molecule has 1 N–H and O–H groups in total. The Bertz CT molecular complexity index is 995. The van der Waals surface area contributed by atoms with Gasteiger partial charge < -0.3 is 19.9 Å². The number of amides is 1. The summed E-state index contributed by atoms with van der Waals surface area (Å²) in [5.41, 5.74) is 4.15. The molecule has 3 rings (SSSR count). The van der Waals surface area contributed by atoms with E-state index >= 15 is 0 Å². The summed E-state index contributed by atoms with van der Waals surface area (Å²) in [5.74, 6) is 0.705. The minimum absolute atomic E-state index is 0.0492. The lowest BCUT2D eigenvalue weighted by atomic mass is 10.0. The minimum atomic E-state index is -1.34. The molecule has 0 spiro atoms. The number of hydrogen-bond acceptors (Lipinski definition) is 5. The van der Waals surface area contributed by atoms with Crippen LogP contribution in [0, 0.1) is 13.8 Å². The van der Waals surface area contributed by atoms with Crippen molar-refractivity contribution in [3.8, 4) is 5.75 Å². The lowest BCUT2D eigenvalue weighted by Crippen LogP contribution is -2.41. The highest BCUT2D eigenvalue weighted by Crippen LogP contribution is 2.26. The molecule has 0 saturated carbocycles. The van der Waals surface area contributed by atoms with E-state index in [1.807, 2.05) is 26.0 Å². The second-order valence-corrected chi connectivity index (χ2v) is 11.1. The zero-order chi connectivity index (χ0) is 25.5. The average Bonchev–Trinajstić information content (AvgIpc) is 2.85. The summed E-state index contributed by atoms with van der Waals surface area (Å²) < 4.78 is 20.1. The molecule has 1 aliphatic heterocycles. The van der Waals surface area contributed by atoms with E-state index < -0.39 is 11.0 Å². The normalized spacial score (nSPS) is 15.5. The molecule has 1 fully saturated rings. The van der Waals surface area contributed by atoms with Crippen LogP contribution < -0.4 is 15.0 Å². The molecule has 7 nitrogen and oxygen atoms in total. The maximum absolute atomic E-state index is 13.0. The summed E-state index contributed by atoms with van der Waals surface area (Å²) in [6, 6.07) is 12.9. The van der Waals surface area contributed by atoms with E-state index in [4.69, 9.17) is 4.74 Å². The van der Waals surface area contributed by atoms with Crippen LogP contribution in [-0.4, -0.2) is 73.3 Å². The van der Waals surface area contributed by atoms with Crippen molar-refractivity contribution in [2.45, 2.75) is 50.6 Å². The SMILES string of the molecule is COc1cc(C)c(S(=O)N(C)CCC(=O)NCc2ccc(N3CCC(N(C)C)CC3)cc2)c(C)c1. The molecule has 2 aromatic carbocycles. The molecule has 8 heteroatoms. The molecule has 0 radical (unpaired) electrons. The number of hydrogen-bond donors (Lipinski definition) is 1. The van der Waals surface area contributed by atoms with Gasteiger partial charge in [-0.1, -0.05) is 12.1 Å². The molecule has 1 aliphatic rings. The fourth-order valence-electron chi connectivity index (χ4n) is 4.56. The van der Waals surface area contributed by atoms with Gasteiger partial charge in [0.25, 0.3) is 0 Å². The van der Waals surface area contributed by atoms with Gasteiger partial charge in [0.2, 0.25) is 5.91 Å². The molecule has 1 heterocycles. The number of anilines is 1. The number of carbonyl (C=O) groups is 1. The first kappa shape index (κ1) is 27.2. The highest BCUT2D eigenvalue weighted by Gasteiger charge is 2.21. The number of benzene rings is 2. The highest BCUT2D eigenvalue weighted by atomic mass is 32.2. The second-order valence-electron chi connectivity index (χ2n) is 9.57. The van der Waals surface area contributed by atoms with Gasteiger partial charge in [-0.05, 0) is 81.7 Å². The fraction of sp³-hybridized carbons (Fsp3) is 0.519. The van der Waals surface area contributed by atoms with Crippen molar-refractivity contribution in [2.24, 2.45) is 0 Å². The number of aryl methyl sites for hydroxylation is 2. The van der Waals surface area contributed by atoms with Crippen molar-refractivity contribution >= 4 is 22.6 Å². The Labute approximate surface area is 213 Å². The summed E-state index contributed by atoms with van der Waals surface area (Å²) in [7, 11) is 6.38. The van der Waals surface area contributed by atoms with Gasteiger partial charge in [-0.2, -0.15) is 0 Å². The maximum Gasteiger partial charge on any atom is 0.221 e. The average molecular weight is 501 g/mol. The molecule has 1 unspecified atom stereocenters. The van der Waals surface area contributed by atoms with Gasteiger partial charge in [0.1, 0.15) is 16.7 Å². The number of rotatable bonds is 10. The van der Waals surface area contributed by atoms with Crippen LogP contribution in [0.4, 0.5) is 5.69 Å². The number of piperidine rings is 1. The first-order valence-corrected chi connectivity index (χ1v) is 13.4. The lowest BCUT2D eigenvalue weighted by molar-refractivity contribution is -0.121. The van der Waals surface area contributed by atoms with Crippen LogP contribution in [-0.2, 0) is 22.3 Å². The first-order valence-electron chi connectivity index (χ1n) is 12.2. The van der Waals surface area contributed by atoms with E-state index in [9.17, 15) is 9.00 Å². The molecule has 192 valence electrons. The Morgan fingerprint density at radius 1 is 1.09 bits per heavy atom. The molecule has 0 aromatic heterocycles. The Kier molecular flexibility index (Phi) is 9.71. The third-order valence-corrected chi connectivity index (χ3v) is 8.51. The van der Waals surface area contributed by atoms with E-state index in [0.29, 0.717) is 19.1 Å². The van der Waals surface area contributed by atoms with Crippen molar-refractivity contribution in [1.29, 1.82) is 0 Å². The molecule has 1 amide bonds. The van der Waals surface area contributed by atoms with Crippen LogP contribution in [0.5, 0.6) is 5.75 Å². The van der Waals surface area contributed by atoms with Gasteiger partial charge in [0.15, 0.2) is 0 Å². The standard InChI is InChI=1S/C27H40N4O3S/c1-20-17-25(34-6)18-21(2)27(20)35(33)30(5)14-13-26(32)28-19-22-7-9-24(10-8-22)31-15-11-23(12-16-31)29(3)4/h7-10,17-18,23H,11-16,19H2,1-6H3,(H,28,32). The van der Waals surface area contributed by atoms with Crippen molar-refractivity contribution < 1.29 is 13.7 Å². The predicted molar refractivity (Wildman–Crippen MR) is 143 cm³/mol. The predicted octanol–water partition coefficient (Wildman–Crippen LogP) is 3.50. The Balaban J connectivity index is 1.44. The van der Waals surface area contributed by atoms with E-state index in [-0.39, 0.29) is 12.3 Å². The zero-order valence-corrected chi connectivity index (χ0v) is 22.8. The second kappa shape index (κ2) is 12.5. The first-order chi connectivity index (χ1) is 16.7. The molecular formula is C27H40N4O3S. The zero-order valence-electron chi connectivity index (χ0n) is 22.0. The fourth-order valence-corrected chi connectivity index (χ4v) is 5.79. The van der Waals surface area contributed by atoms with E-state index in [0.717, 1.165) is 40.4 Å². The van der Waals surface area contributed by atoms with Gasteiger partial charge in [-0.25, -0.2) is 8.51 Å². The highest BCUT2D eigenvalue weighted by molar-refractivity contribution is 7.82. The van der Waals surface area contributed by atoms with Gasteiger partial charge in [-0.15, -0.1) is 0 Å². The number of methoxy groups -OCH3 is 1. The van der Waals surface area contributed by atoms with Crippen LogP contribution in [0.15, 0.2) is 41.3 Å². The van der Waals surface area contributed by atoms with E-state index in [1.54, 1.807) is 18.5 Å². The van der Waals surface area contributed by atoms with Crippen molar-refractivity contribution in [2.75, 3.05) is 52.8 Å². The Morgan fingerprint density at radius 2 is 1.69 bits per heavy atom. The van der Waals surface area contributed by atoms with Crippen LogP contribution >= 0.6 is 0 Å². The largest absolute Gasteiger partial charge is 0.497 e. The molecule has 35 heavy (non-hydrogen) atoms. The monoisotopic (exact) mass is 500 g/mol. The quantitative estimate of drug-likeness (QED) is 0.541. The van der Waals surface area contributed by atoms with E-state index in [2.05, 4.69) is 53.5 Å². The topological polar surface area (TPSA) is 65.1 Å². The summed E-state index contributed by atoms with van der Waals surface area (Å²) in [5, 5.41) is 2.99. The molecule has 1 atom stereocenters. The van der Waals surface area contributed by atoms with E-state index in [1.165, 1.54) is 18.5 Å². The molecular weight excluding hydrogens is 460 g/mol. The Morgan fingerprint density at radius 3 is 2.23 bits per heavy atom. The van der Waals surface area contributed by atoms with Gasteiger partial charge in [0.05, 0.1) is 12.0 Å². The van der Waals surface area contributed by atoms with Crippen LogP contribution in [0.1, 0.15) is 36.0 Å². The molecule has 1 saturated heterocycles. The van der Waals surface area contributed by atoms with Crippen molar-refractivity contribution in [3.63, 3.8) is 0 Å². The lowest BCUT2D eigenvalue weighted by Gasteiger charge is -2.36. The number of ether oxygens (including phenoxy) is 1. The van der Waals surface area contributed by atoms with Gasteiger partial charge >= 0.3 is 0 Å². The third-order valence-electron chi connectivity index (χ3n) is 6.77. The summed E-state index contributed by atoms with van der Waals surface area (Å²) in [6.07, 6.45) is 2.65. The van der Waals surface area contributed by atoms with Gasteiger partial charge in [0, 0.05) is 51.4 Å². The van der Waals surface area contributed by atoms with Crippen molar-refractivity contribution in [3.05, 3.63) is 53.1 Å². The van der Waals surface area contributed by atoms with Crippen LogP contribution in [0.2, 0.25) is 0 Å². The number of carbonyl (C=O) groups excluding carboxylic acids is 1. The molecule has 0 bridgehead atoms. The summed E-state index contributed by atoms with van der Waals surface area (Å²) >= 11 is 0. The maximum atomic E-state index is 13.0. The third kappa shape index (κ3) is 7.29. The van der Waals surface area contributed by atoms with Crippen molar-refractivity contribution in [1.82, 2.24) is 14.5 Å². The number of nitrogens with one attached hydrogen (secondary N) is 1. The molecule has 2 aromatic rings. The smallest absolute Gasteiger partial charge is 0.221 e.